The second kappa shape index (κ2) is 5.75. The third-order valence-electron chi connectivity index (χ3n) is 2.18. The smallest absolute Gasteiger partial charge is 0.335 e. The van der Waals surface area contributed by atoms with Gasteiger partial charge in [0.15, 0.2) is 0 Å². The molecule has 0 fully saturated rings. The molecule has 0 unspecified atom stereocenters. The largest absolute Gasteiger partial charge is 0.478 e. The number of allylic oxidation sites excluding steroid dienone is 1. The van der Waals surface area contributed by atoms with Crippen LogP contribution in [0.5, 0.6) is 0 Å². The Kier molecular flexibility index (Phi) is 4.62. The molecular weight excluding hydrogens is 220 g/mol. The molecule has 0 saturated heterocycles. The number of benzene rings is 1. The molecule has 1 N–H and O–H groups in total. The first-order valence-electron chi connectivity index (χ1n) is 5.11. The van der Waals surface area contributed by atoms with Crippen molar-refractivity contribution in [3.05, 3.63) is 41.0 Å². The number of carbonyl (C=O) groups is 1. The van der Waals surface area contributed by atoms with E-state index in [1.165, 1.54) is 5.57 Å². The summed E-state index contributed by atoms with van der Waals surface area (Å²) in [7, 11) is 0. The monoisotopic (exact) mass is 236 g/mol. The minimum absolute atomic E-state index is 0.391. The molecule has 0 saturated carbocycles. The summed E-state index contributed by atoms with van der Waals surface area (Å²) in [4.78, 5) is 11.9. The summed E-state index contributed by atoms with van der Waals surface area (Å²) < 4.78 is 0. The van der Waals surface area contributed by atoms with Crippen LogP contribution in [0.1, 0.15) is 29.8 Å². The topological polar surface area (TPSA) is 37.3 Å². The van der Waals surface area contributed by atoms with Gasteiger partial charge < -0.3 is 5.11 Å². The second-order valence-corrected chi connectivity index (χ2v) is 4.97. The normalized spacial score (nSPS) is 9.94. The Labute approximate surface area is 100 Å². The molecule has 86 valence electrons. The van der Waals surface area contributed by atoms with Crippen LogP contribution in [0, 0.1) is 6.92 Å². The fourth-order valence-corrected chi connectivity index (χ4v) is 2.20. The van der Waals surface area contributed by atoms with E-state index in [2.05, 4.69) is 19.9 Å². The van der Waals surface area contributed by atoms with Crippen LogP contribution in [0.25, 0.3) is 0 Å². The molecule has 0 aromatic heterocycles. The van der Waals surface area contributed by atoms with Crippen molar-refractivity contribution in [1.29, 1.82) is 0 Å². The molecule has 0 aliphatic rings. The van der Waals surface area contributed by atoms with Crippen LogP contribution in [0.4, 0.5) is 0 Å². The van der Waals surface area contributed by atoms with Crippen molar-refractivity contribution in [2.75, 3.05) is 5.75 Å². The van der Waals surface area contributed by atoms with Gasteiger partial charge in [0.05, 0.1) is 5.56 Å². The van der Waals surface area contributed by atoms with E-state index in [0.29, 0.717) is 5.56 Å². The van der Waals surface area contributed by atoms with Gasteiger partial charge in [0.1, 0.15) is 0 Å². The molecule has 2 nitrogen and oxygen atoms in total. The van der Waals surface area contributed by atoms with Gasteiger partial charge in [-0.2, -0.15) is 0 Å². The zero-order valence-electron chi connectivity index (χ0n) is 9.78. The van der Waals surface area contributed by atoms with E-state index >= 15 is 0 Å². The van der Waals surface area contributed by atoms with Crippen molar-refractivity contribution < 1.29 is 9.90 Å². The summed E-state index contributed by atoms with van der Waals surface area (Å²) in [5.74, 6) is 0.0203. The van der Waals surface area contributed by atoms with E-state index in [-0.39, 0.29) is 0 Å². The highest BCUT2D eigenvalue weighted by atomic mass is 32.2. The number of hydrogen-bond donors (Lipinski definition) is 1. The molecule has 0 radical (unpaired) electrons. The lowest BCUT2D eigenvalue weighted by Crippen LogP contribution is -1.99. The lowest BCUT2D eigenvalue weighted by Gasteiger charge is -2.04. The van der Waals surface area contributed by atoms with Gasteiger partial charge in [0, 0.05) is 10.6 Å². The molecule has 1 aromatic carbocycles. The average molecular weight is 236 g/mol. The third kappa shape index (κ3) is 3.74. The van der Waals surface area contributed by atoms with Crippen LogP contribution in [0.15, 0.2) is 34.7 Å². The molecule has 3 heteroatoms. The lowest BCUT2D eigenvalue weighted by atomic mass is 10.1. The Hall–Kier alpha value is -1.22. The van der Waals surface area contributed by atoms with Crippen LogP contribution < -0.4 is 0 Å². The third-order valence-corrected chi connectivity index (χ3v) is 3.10. The van der Waals surface area contributed by atoms with Gasteiger partial charge in [-0.15, -0.1) is 11.8 Å². The Morgan fingerprint density at radius 2 is 2.12 bits per heavy atom. The second-order valence-electron chi connectivity index (χ2n) is 3.87. The highest BCUT2D eigenvalue weighted by molar-refractivity contribution is 7.99. The molecule has 0 atom stereocenters. The van der Waals surface area contributed by atoms with Crippen molar-refractivity contribution in [3.63, 3.8) is 0 Å². The van der Waals surface area contributed by atoms with Crippen molar-refractivity contribution in [2.45, 2.75) is 25.7 Å². The number of carboxylic acids is 1. The molecule has 0 aliphatic heterocycles. The minimum atomic E-state index is -0.859. The highest BCUT2D eigenvalue weighted by Crippen LogP contribution is 2.21. The molecule has 1 rings (SSSR count). The van der Waals surface area contributed by atoms with Crippen molar-refractivity contribution in [1.82, 2.24) is 0 Å². The first-order chi connectivity index (χ1) is 7.50. The molecule has 16 heavy (non-hydrogen) atoms. The predicted octanol–water partition coefficient (Wildman–Crippen LogP) is 3.75. The SMILES string of the molecule is CC(C)=CCSc1ccc(C)c(C(=O)O)c1. The first-order valence-corrected chi connectivity index (χ1v) is 6.09. The fraction of sp³-hybridized carbons (Fsp3) is 0.308. The molecule has 0 heterocycles. The standard InChI is InChI=1S/C13H16O2S/c1-9(2)6-7-16-11-5-4-10(3)12(8-11)13(14)15/h4-6,8H,7H2,1-3H3,(H,14,15). The summed E-state index contributed by atoms with van der Waals surface area (Å²) in [6.07, 6.45) is 2.13. The quantitative estimate of drug-likeness (QED) is 0.639. The Morgan fingerprint density at radius 3 is 2.69 bits per heavy atom. The minimum Gasteiger partial charge on any atom is -0.478 e. The number of rotatable bonds is 4. The zero-order valence-corrected chi connectivity index (χ0v) is 10.6. The van der Waals surface area contributed by atoms with Gasteiger partial charge in [-0.05, 0) is 38.5 Å². The van der Waals surface area contributed by atoms with Crippen molar-refractivity contribution in [3.8, 4) is 0 Å². The van der Waals surface area contributed by atoms with Crippen LogP contribution in [0.3, 0.4) is 0 Å². The fourth-order valence-electron chi connectivity index (χ4n) is 1.23. The Bertz CT molecular complexity index is 418. The average Bonchev–Trinajstić information content (AvgIpc) is 2.19. The highest BCUT2D eigenvalue weighted by Gasteiger charge is 2.07. The molecular formula is C13H16O2S. The van der Waals surface area contributed by atoms with E-state index in [9.17, 15) is 4.79 Å². The van der Waals surface area contributed by atoms with Crippen LogP contribution in [-0.2, 0) is 0 Å². The maximum absolute atomic E-state index is 10.9. The first kappa shape index (κ1) is 12.8. The van der Waals surface area contributed by atoms with Gasteiger partial charge >= 0.3 is 5.97 Å². The summed E-state index contributed by atoms with van der Waals surface area (Å²) in [6.45, 7) is 5.92. The van der Waals surface area contributed by atoms with Crippen molar-refractivity contribution in [2.24, 2.45) is 0 Å². The number of aromatic carboxylic acids is 1. The van der Waals surface area contributed by atoms with Crippen LogP contribution in [-0.4, -0.2) is 16.8 Å². The summed E-state index contributed by atoms with van der Waals surface area (Å²) in [5, 5.41) is 8.98. The van der Waals surface area contributed by atoms with E-state index in [1.54, 1.807) is 17.8 Å². The van der Waals surface area contributed by atoms with E-state index < -0.39 is 5.97 Å². The van der Waals surface area contributed by atoms with Gasteiger partial charge in [-0.1, -0.05) is 17.7 Å². The van der Waals surface area contributed by atoms with Gasteiger partial charge in [-0.25, -0.2) is 4.79 Å². The molecule has 0 aliphatic carbocycles. The van der Waals surface area contributed by atoms with Crippen LogP contribution in [0.2, 0.25) is 0 Å². The van der Waals surface area contributed by atoms with E-state index in [4.69, 9.17) is 5.11 Å². The number of aryl methyl sites for hydroxylation is 1. The van der Waals surface area contributed by atoms with Gasteiger partial charge in [0.25, 0.3) is 0 Å². The number of carboxylic acid groups (broad SMARTS) is 1. The Balaban J connectivity index is 2.79. The molecule has 0 amide bonds. The van der Waals surface area contributed by atoms with Crippen LogP contribution >= 0.6 is 11.8 Å². The predicted molar refractivity (Wildman–Crippen MR) is 68.3 cm³/mol. The molecule has 0 bridgehead atoms. The molecule has 1 aromatic rings. The maximum atomic E-state index is 10.9. The molecule has 0 spiro atoms. The Morgan fingerprint density at radius 1 is 1.44 bits per heavy atom. The summed E-state index contributed by atoms with van der Waals surface area (Å²) in [5.41, 5.74) is 2.47. The number of thioether (sulfide) groups is 1. The maximum Gasteiger partial charge on any atom is 0.335 e. The van der Waals surface area contributed by atoms with Crippen molar-refractivity contribution >= 4 is 17.7 Å². The van der Waals surface area contributed by atoms with Gasteiger partial charge in [0.2, 0.25) is 0 Å². The lowest BCUT2D eigenvalue weighted by molar-refractivity contribution is 0.0696. The van der Waals surface area contributed by atoms with Gasteiger partial charge in [-0.3, -0.25) is 0 Å². The zero-order chi connectivity index (χ0) is 12.1. The summed E-state index contributed by atoms with van der Waals surface area (Å²) in [6, 6.07) is 5.56. The number of hydrogen-bond acceptors (Lipinski definition) is 2. The summed E-state index contributed by atoms with van der Waals surface area (Å²) >= 11 is 1.65. The van der Waals surface area contributed by atoms with E-state index in [1.807, 2.05) is 19.1 Å². The van der Waals surface area contributed by atoms with E-state index in [0.717, 1.165) is 16.2 Å².